The molecular formula is C12H22O. The van der Waals surface area contributed by atoms with Gasteiger partial charge in [0.15, 0.2) is 0 Å². The zero-order chi connectivity index (χ0) is 9.94. The number of hydrogen-bond acceptors (Lipinski definition) is 1. The summed E-state index contributed by atoms with van der Waals surface area (Å²) < 4.78 is 5.55. The van der Waals surface area contributed by atoms with Crippen LogP contribution in [-0.2, 0) is 4.74 Å². The quantitative estimate of drug-likeness (QED) is 0.328. The largest absolute Gasteiger partial charge is 0.494 e. The zero-order valence-corrected chi connectivity index (χ0v) is 9.18. The first-order chi connectivity index (χ1) is 6.35. The lowest BCUT2D eigenvalue weighted by atomic mass is 10.2. The van der Waals surface area contributed by atoms with E-state index >= 15 is 0 Å². The molecule has 0 aromatic rings. The molecule has 13 heavy (non-hydrogen) atoms. The summed E-state index contributed by atoms with van der Waals surface area (Å²) in [6.45, 7) is 6.98. The number of allylic oxidation sites excluding steroid dienone is 3. The topological polar surface area (TPSA) is 9.23 Å². The third-order valence-electron chi connectivity index (χ3n) is 1.95. The normalized spacial score (nSPS) is 12.4. The lowest BCUT2D eigenvalue weighted by Crippen LogP contribution is -1.92. The van der Waals surface area contributed by atoms with Crippen molar-refractivity contribution in [2.45, 2.75) is 46.5 Å². The standard InChI is InChI=1S/C12H22O/c1-4-7-9-10-12(6-3)13-11-8-5-2/h5-6,8H,4,7,9-11H2,1-3H3/b8-5+,12-6?. The molecule has 0 fully saturated rings. The Bertz CT molecular complexity index is 157. The highest BCUT2D eigenvalue weighted by molar-refractivity contribution is 4.91. The van der Waals surface area contributed by atoms with Crippen LogP contribution in [0.15, 0.2) is 24.0 Å². The molecule has 0 aliphatic heterocycles. The third-order valence-corrected chi connectivity index (χ3v) is 1.95. The van der Waals surface area contributed by atoms with Gasteiger partial charge in [-0.1, -0.05) is 31.9 Å². The highest BCUT2D eigenvalue weighted by Crippen LogP contribution is 2.09. The van der Waals surface area contributed by atoms with Crippen LogP contribution >= 0.6 is 0 Å². The number of hydrogen-bond donors (Lipinski definition) is 0. The summed E-state index contributed by atoms with van der Waals surface area (Å²) >= 11 is 0. The lowest BCUT2D eigenvalue weighted by molar-refractivity contribution is 0.233. The van der Waals surface area contributed by atoms with Crippen molar-refractivity contribution >= 4 is 0 Å². The van der Waals surface area contributed by atoms with E-state index in [2.05, 4.69) is 13.0 Å². The van der Waals surface area contributed by atoms with Crippen LogP contribution in [0.3, 0.4) is 0 Å². The molecular weight excluding hydrogens is 160 g/mol. The third kappa shape index (κ3) is 7.63. The maximum atomic E-state index is 5.55. The van der Waals surface area contributed by atoms with Gasteiger partial charge in [0.05, 0.1) is 5.76 Å². The van der Waals surface area contributed by atoms with Gasteiger partial charge in [0.25, 0.3) is 0 Å². The van der Waals surface area contributed by atoms with Crippen molar-refractivity contribution < 1.29 is 4.74 Å². The second-order valence-electron chi connectivity index (χ2n) is 3.09. The van der Waals surface area contributed by atoms with Gasteiger partial charge in [-0.3, -0.25) is 0 Å². The van der Waals surface area contributed by atoms with E-state index < -0.39 is 0 Å². The van der Waals surface area contributed by atoms with Crippen molar-refractivity contribution in [1.82, 2.24) is 0 Å². The lowest BCUT2D eigenvalue weighted by Gasteiger charge is -2.07. The monoisotopic (exact) mass is 182 g/mol. The Morgan fingerprint density at radius 1 is 1.23 bits per heavy atom. The summed E-state index contributed by atoms with van der Waals surface area (Å²) in [4.78, 5) is 0. The van der Waals surface area contributed by atoms with Gasteiger partial charge in [0.1, 0.15) is 6.61 Å². The Morgan fingerprint density at radius 2 is 2.00 bits per heavy atom. The molecule has 0 aliphatic rings. The van der Waals surface area contributed by atoms with Crippen molar-refractivity contribution in [2.75, 3.05) is 6.61 Å². The zero-order valence-electron chi connectivity index (χ0n) is 9.18. The summed E-state index contributed by atoms with van der Waals surface area (Å²) in [7, 11) is 0. The first kappa shape index (κ1) is 12.3. The molecule has 0 radical (unpaired) electrons. The molecule has 0 saturated carbocycles. The van der Waals surface area contributed by atoms with E-state index in [4.69, 9.17) is 4.74 Å². The van der Waals surface area contributed by atoms with Crippen molar-refractivity contribution in [3.05, 3.63) is 24.0 Å². The molecule has 0 aromatic heterocycles. The van der Waals surface area contributed by atoms with Crippen LogP contribution in [0.4, 0.5) is 0 Å². The van der Waals surface area contributed by atoms with E-state index in [1.54, 1.807) is 0 Å². The van der Waals surface area contributed by atoms with E-state index in [-0.39, 0.29) is 0 Å². The number of unbranched alkanes of at least 4 members (excludes halogenated alkanes) is 2. The van der Waals surface area contributed by atoms with Gasteiger partial charge in [-0.15, -0.1) is 0 Å². The Kier molecular flexibility index (Phi) is 8.85. The maximum Gasteiger partial charge on any atom is 0.106 e. The molecule has 76 valence electrons. The molecule has 0 unspecified atom stereocenters. The first-order valence-electron chi connectivity index (χ1n) is 5.24. The van der Waals surface area contributed by atoms with Crippen molar-refractivity contribution in [2.24, 2.45) is 0 Å². The minimum absolute atomic E-state index is 0.711. The summed E-state index contributed by atoms with van der Waals surface area (Å²) in [6, 6.07) is 0. The first-order valence-corrected chi connectivity index (χ1v) is 5.24. The van der Waals surface area contributed by atoms with E-state index in [1.807, 2.05) is 26.0 Å². The average Bonchev–Trinajstić information content (AvgIpc) is 2.16. The van der Waals surface area contributed by atoms with Crippen LogP contribution in [0.1, 0.15) is 46.5 Å². The highest BCUT2D eigenvalue weighted by atomic mass is 16.5. The molecule has 0 N–H and O–H groups in total. The Labute approximate surface area is 82.5 Å². The van der Waals surface area contributed by atoms with Crippen LogP contribution in [0, 0.1) is 0 Å². The smallest absolute Gasteiger partial charge is 0.106 e. The van der Waals surface area contributed by atoms with Crippen molar-refractivity contribution in [3.8, 4) is 0 Å². The SMILES string of the molecule is CC=C(CCCCC)OC/C=C/C. The van der Waals surface area contributed by atoms with Crippen LogP contribution in [0.25, 0.3) is 0 Å². The number of rotatable bonds is 7. The van der Waals surface area contributed by atoms with Gasteiger partial charge in [0, 0.05) is 6.42 Å². The molecule has 0 bridgehead atoms. The van der Waals surface area contributed by atoms with Crippen molar-refractivity contribution in [1.29, 1.82) is 0 Å². The molecule has 0 saturated heterocycles. The Balaban J connectivity index is 3.52. The van der Waals surface area contributed by atoms with E-state index in [0.717, 1.165) is 12.2 Å². The molecule has 0 spiro atoms. The predicted octanol–water partition coefficient (Wildman–Crippen LogP) is 4.06. The van der Waals surface area contributed by atoms with Gasteiger partial charge in [0.2, 0.25) is 0 Å². The van der Waals surface area contributed by atoms with Crippen molar-refractivity contribution in [3.63, 3.8) is 0 Å². The van der Waals surface area contributed by atoms with E-state index in [0.29, 0.717) is 6.61 Å². The molecule has 0 atom stereocenters. The Hall–Kier alpha value is -0.720. The second-order valence-corrected chi connectivity index (χ2v) is 3.09. The second kappa shape index (κ2) is 9.37. The fraction of sp³-hybridized carbons (Fsp3) is 0.667. The molecule has 1 heteroatoms. The van der Waals surface area contributed by atoms with Gasteiger partial charge < -0.3 is 4.74 Å². The fourth-order valence-electron chi connectivity index (χ4n) is 1.10. The summed E-state index contributed by atoms with van der Waals surface area (Å²) in [5.41, 5.74) is 0. The van der Waals surface area contributed by atoms with E-state index in [1.165, 1.54) is 19.3 Å². The Morgan fingerprint density at radius 3 is 2.54 bits per heavy atom. The van der Waals surface area contributed by atoms with Gasteiger partial charge in [-0.05, 0) is 26.3 Å². The minimum atomic E-state index is 0.711. The highest BCUT2D eigenvalue weighted by Gasteiger charge is 1.95. The molecule has 0 aliphatic carbocycles. The molecule has 0 amide bonds. The maximum absolute atomic E-state index is 5.55. The summed E-state index contributed by atoms with van der Waals surface area (Å²) in [6.07, 6.45) is 11.0. The average molecular weight is 182 g/mol. The molecule has 0 heterocycles. The van der Waals surface area contributed by atoms with Crippen LogP contribution in [-0.4, -0.2) is 6.61 Å². The molecule has 1 nitrogen and oxygen atoms in total. The number of ether oxygens (including phenoxy) is 1. The van der Waals surface area contributed by atoms with Gasteiger partial charge >= 0.3 is 0 Å². The summed E-state index contributed by atoms with van der Waals surface area (Å²) in [5, 5.41) is 0. The van der Waals surface area contributed by atoms with E-state index in [9.17, 15) is 0 Å². The summed E-state index contributed by atoms with van der Waals surface area (Å²) in [5.74, 6) is 1.13. The fourth-order valence-corrected chi connectivity index (χ4v) is 1.10. The van der Waals surface area contributed by atoms with Crippen LogP contribution in [0.2, 0.25) is 0 Å². The molecule has 0 rings (SSSR count). The molecule has 0 aromatic carbocycles. The van der Waals surface area contributed by atoms with Crippen LogP contribution in [0.5, 0.6) is 0 Å². The minimum Gasteiger partial charge on any atom is -0.494 e. The van der Waals surface area contributed by atoms with Gasteiger partial charge in [-0.2, -0.15) is 0 Å². The van der Waals surface area contributed by atoms with Crippen LogP contribution < -0.4 is 0 Å². The predicted molar refractivity (Wildman–Crippen MR) is 58.7 cm³/mol. The van der Waals surface area contributed by atoms with Gasteiger partial charge in [-0.25, -0.2) is 0 Å².